The Morgan fingerprint density at radius 3 is 2.53 bits per heavy atom. The van der Waals surface area contributed by atoms with E-state index in [9.17, 15) is 4.79 Å². The van der Waals surface area contributed by atoms with Crippen LogP contribution in [0.1, 0.15) is 49.9 Å². The van der Waals surface area contributed by atoms with E-state index < -0.39 is 0 Å². The van der Waals surface area contributed by atoms with E-state index in [1.54, 1.807) is 12.1 Å². The number of hydrazine groups is 1. The van der Waals surface area contributed by atoms with Crippen molar-refractivity contribution in [3.8, 4) is 0 Å². The van der Waals surface area contributed by atoms with Crippen molar-refractivity contribution in [2.45, 2.75) is 45.6 Å². The molecule has 0 atom stereocenters. The van der Waals surface area contributed by atoms with E-state index >= 15 is 0 Å². The van der Waals surface area contributed by atoms with Crippen molar-refractivity contribution < 1.29 is 4.79 Å². The molecule has 1 aromatic rings. The Bertz CT molecular complexity index is 446. The third-order valence-electron chi connectivity index (χ3n) is 4.00. The zero-order valence-electron chi connectivity index (χ0n) is 11.7. The molecule has 0 heterocycles. The van der Waals surface area contributed by atoms with Gasteiger partial charge in [0.25, 0.3) is 5.91 Å². The number of carbonyl (C=O) groups excluding carboxylic acids is 1. The Kier molecular flexibility index (Phi) is 4.10. The summed E-state index contributed by atoms with van der Waals surface area (Å²) in [5.74, 6) is 5.38. The molecule has 1 aliphatic carbocycles. The maximum atomic E-state index is 12.2. The lowest BCUT2D eigenvalue weighted by atomic mass is 9.75. The van der Waals surface area contributed by atoms with Gasteiger partial charge in [-0.25, -0.2) is 0 Å². The van der Waals surface area contributed by atoms with Crippen molar-refractivity contribution >= 4 is 11.6 Å². The smallest absolute Gasteiger partial charge is 0.253 e. The van der Waals surface area contributed by atoms with Gasteiger partial charge in [0.2, 0.25) is 0 Å². The van der Waals surface area contributed by atoms with Gasteiger partial charge in [-0.05, 0) is 43.2 Å². The zero-order chi connectivity index (χ0) is 13.9. The summed E-state index contributed by atoms with van der Waals surface area (Å²) >= 11 is 0. The Balaban J connectivity index is 1.98. The van der Waals surface area contributed by atoms with E-state index in [0.717, 1.165) is 25.7 Å². The lowest BCUT2D eigenvalue weighted by Gasteiger charge is -2.34. The number of nitrogens with one attached hydrogen (secondary N) is 2. The average Bonchev–Trinajstić information content (AvgIpc) is 2.41. The largest absolute Gasteiger partial charge is 0.349 e. The van der Waals surface area contributed by atoms with Gasteiger partial charge in [-0.1, -0.05) is 26.0 Å². The molecule has 0 saturated heterocycles. The Morgan fingerprint density at radius 1 is 1.26 bits per heavy atom. The predicted molar refractivity (Wildman–Crippen MR) is 77.8 cm³/mol. The topological polar surface area (TPSA) is 67.2 Å². The molecular weight excluding hydrogens is 238 g/mol. The monoisotopic (exact) mass is 261 g/mol. The van der Waals surface area contributed by atoms with Gasteiger partial charge in [-0.15, -0.1) is 0 Å². The van der Waals surface area contributed by atoms with E-state index in [2.05, 4.69) is 24.6 Å². The third-order valence-corrected chi connectivity index (χ3v) is 4.00. The van der Waals surface area contributed by atoms with Gasteiger partial charge in [0.1, 0.15) is 0 Å². The molecule has 0 aromatic heterocycles. The van der Waals surface area contributed by atoms with Gasteiger partial charge < -0.3 is 10.7 Å². The SMILES string of the molecule is CC1(C)CCC(NC(=O)c2ccccc2NN)CC1. The summed E-state index contributed by atoms with van der Waals surface area (Å²) < 4.78 is 0. The van der Waals surface area contributed by atoms with Crippen LogP contribution in [0.3, 0.4) is 0 Å². The number of anilines is 1. The van der Waals surface area contributed by atoms with Crippen molar-refractivity contribution in [2.24, 2.45) is 11.3 Å². The maximum Gasteiger partial charge on any atom is 0.253 e. The first-order valence-electron chi connectivity index (χ1n) is 6.88. The highest BCUT2D eigenvalue weighted by atomic mass is 16.1. The maximum absolute atomic E-state index is 12.2. The lowest BCUT2D eigenvalue weighted by molar-refractivity contribution is 0.0910. The fourth-order valence-electron chi connectivity index (χ4n) is 2.61. The van der Waals surface area contributed by atoms with Gasteiger partial charge >= 0.3 is 0 Å². The number of para-hydroxylation sites is 1. The molecule has 0 aliphatic heterocycles. The fraction of sp³-hybridized carbons (Fsp3) is 0.533. The normalized spacial score (nSPS) is 18.9. The average molecular weight is 261 g/mol. The lowest BCUT2D eigenvalue weighted by Crippen LogP contribution is -2.39. The van der Waals surface area contributed by atoms with Crippen molar-refractivity contribution in [3.63, 3.8) is 0 Å². The first-order chi connectivity index (χ1) is 9.02. The highest BCUT2D eigenvalue weighted by molar-refractivity contribution is 5.99. The number of amides is 1. The standard InChI is InChI=1S/C15H23N3O/c1-15(2)9-7-11(8-10-15)17-14(19)12-5-3-4-6-13(12)18-16/h3-6,11,18H,7-10,16H2,1-2H3,(H,17,19). The van der Waals surface area contributed by atoms with Gasteiger partial charge in [0, 0.05) is 6.04 Å². The van der Waals surface area contributed by atoms with Crippen LogP contribution in [0.5, 0.6) is 0 Å². The summed E-state index contributed by atoms with van der Waals surface area (Å²) in [6.07, 6.45) is 4.43. The van der Waals surface area contributed by atoms with E-state index in [4.69, 9.17) is 5.84 Å². The van der Waals surface area contributed by atoms with Crippen LogP contribution in [0.15, 0.2) is 24.3 Å². The summed E-state index contributed by atoms with van der Waals surface area (Å²) in [4.78, 5) is 12.2. The third kappa shape index (κ3) is 3.47. The number of hydrogen-bond acceptors (Lipinski definition) is 3. The summed E-state index contributed by atoms with van der Waals surface area (Å²) in [5, 5.41) is 3.11. The Labute approximate surface area is 114 Å². The van der Waals surface area contributed by atoms with Gasteiger partial charge in [0.05, 0.1) is 11.3 Å². The molecule has 0 bridgehead atoms. The minimum Gasteiger partial charge on any atom is -0.349 e. The minimum atomic E-state index is -0.0433. The van der Waals surface area contributed by atoms with E-state index in [0.29, 0.717) is 16.7 Å². The van der Waals surface area contributed by atoms with Gasteiger partial charge in [-0.2, -0.15) is 0 Å². The zero-order valence-corrected chi connectivity index (χ0v) is 11.7. The molecule has 1 amide bonds. The van der Waals surface area contributed by atoms with Crippen molar-refractivity contribution in [1.29, 1.82) is 0 Å². The van der Waals surface area contributed by atoms with E-state index in [-0.39, 0.29) is 11.9 Å². The van der Waals surface area contributed by atoms with Crippen LogP contribution < -0.4 is 16.6 Å². The van der Waals surface area contributed by atoms with Crippen molar-refractivity contribution in [1.82, 2.24) is 5.32 Å². The van der Waals surface area contributed by atoms with Gasteiger partial charge in [0.15, 0.2) is 0 Å². The molecule has 1 aromatic carbocycles. The molecule has 1 saturated carbocycles. The Hall–Kier alpha value is -1.55. The van der Waals surface area contributed by atoms with Crippen LogP contribution in [-0.2, 0) is 0 Å². The second-order valence-electron chi connectivity index (χ2n) is 6.10. The first-order valence-corrected chi connectivity index (χ1v) is 6.88. The number of benzene rings is 1. The highest BCUT2D eigenvalue weighted by Gasteiger charge is 2.27. The molecule has 2 rings (SSSR count). The molecular formula is C15H23N3O. The van der Waals surface area contributed by atoms with Crippen LogP contribution in [0.2, 0.25) is 0 Å². The molecule has 4 nitrogen and oxygen atoms in total. The molecule has 19 heavy (non-hydrogen) atoms. The highest BCUT2D eigenvalue weighted by Crippen LogP contribution is 2.35. The fourth-order valence-corrected chi connectivity index (χ4v) is 2.61. The van der Waals surface area contributed by atoms with E-state index in [1.165, 1.54) is 0 Å². The molecule has 104 valence electrons. The Morgan fingerprint density at radius 2 is 1.89 bits per heavy atom. The molecule has 1 fully saturated rings. The number of carbonyl (C=O) groups is 1. The predicted octanol–water partition coefficient (Wildman–Crippen LogP) is 2.67. The minimum absolute atomic E-state index is 0.0433. The van der Waals surface area contributed by atoms with Crippen LogP contribution in [0.4, 0.5) is 5.69 Å². The first kappa shape index (κ1) is 13.9. The molecule has 4 heteroatoms. The second-order valence-corrected chi connectivity index (χ2v) is 6.10. The van der Waals surface area contributed by atoms with Crippen LogP contribution in [0.25, 0.3) is 0 Å². The number of nitrogens with two attached hydrogens (primary N) is 1. The van der Waals surface area contributed by atoms with Crippen molar-refractivity contribution in [3.05, 3.63) is 29.8 Å². The molecule has 0 radical (unpaired) electrons. The molecule has 4 N–H and O–H groups in total. The summed E-state index contributed by atoms with van der Waals surface area (Å²) in [7, 11) is 0. The molecule has 1 aliphatic rings. The quantitative estimate of drug-likeness (QED) is 0.579. The summed E-state index contributed by atoms with van der Waals surface area (Å²) in [6, 6.07) is 7.58. The summed E-state index contributed by atoms with van der Waals surface area (Å²) in [5.41, 5.74) is 4.25. The second kappa shape index (κ2) is 5.61. The molecule has 0 unspecified atom stereocenters. The van der Waals surface area contributed by atoms with Crippen LogP contribution in [0, 0.1) is 5.41 Å². The van der Waals surface area contributed by atoms with E-state index in [1.807, 2.05) is 12.1 Å². The van der Waals surface area contributed by atoms with Crippen molar-refractivity contribution in [2.75, 3.05) is 5.43 Å². The van der Waals surface area contributed by atoms with Crippen LogP contribution >= 0.6 is 0 Å². The number of nitrogen functional groups attached to an aromatic ring is 1. The molecule has 0 spiro atoms. The number of hydrogen-bond donors (Lipinski definition) is 3. The van der Waals surface area contributed by atoms with Crippen LogP contribution in [-0.4, -0.2) is 11.9 Å². The number of rotatable bonds is 3. The summed E-state index contributed by atoms with van der Waals surface area (Å²) in [6.45, 7) is 4.58. The van der Waals surface area contributed by atoms with Gasteiger partial charge in [-0.3, -0.25) is 10.6 Å².